The van der Waals surface area contributed by atoms with E-state index in [0.29, 0.717) is 30.3 Å². The molecule has 1 aliphatic heterocycles. The fraction of sp³-hybridized carbons (Fsp3) is 0.333. The van der Waals surface area contributed by atoms with Crippen LogP contribution in [0.5, 0.6) is 5.75 Å². The second-order valence-corrected chi connectivity index (χ2v) is 11.0. The lowest BCUT2D eigenvalue weighted by molar-refractivity contribution is -0.135. The normalized spacial score (nSPS) is 17.1. The number of fused-ring (bicyclic) bond motifs is 1. The predicted molar refractivity (Wildman–Crippen MR) is 137 cm³/mol. The summed E-state index contributed by atoms with van der Waals surface area (Å²) in [6.45, 7) is 1.47. The standard InChI is InChI=1S/C27H26BrFN2O3S/c28-20-3-1-2-19(14-20)27(33)30(15-18-4-5-18)16-26(32)31-12-10-25-23(11-13-35-25)24(31)17-34-22-8-6-21(29)7-9-22/h1-3,6-9,11,13-14,18,24H,4-5,10,12,15-17H2/t24-/m0/s1. The van der Waals surface area contributed by atoms with E-state index in [0.717, 1.165) is 29.3 Å². The van der Waals surface area contributed by atoms with E-state index in [9.17, 15) is 14.0 Å². The number of hydrogen-bond acceptors (Lipinski definition) is 4. The number of carbonyl (C=O) groups excluding carboxylic acids is 2. The Morgan fingerprint density at radius 3 is 2.69 bits per heavy atom. The van der Waals surface area contributed by atoms with Crippen LogP contribution < -0.4 is 4.74 Å². The van der Waals surface area contributed by atoms with Gasteiger partial charge in [-0.1, -0.05) is 22.0 Å². The molecular formula is C27H26BrFN2O3S. The molecule has 8 heteroatoms. The highest BCUT2D eigenvalue weighted by Gasteiger charge is 2.35. The Hall–Kier alpha value is -2.71. The molecule has 2 heterocycles. The van der Waals surface area contributed by atoms with Gasteiger partial charge in [-0.15, -0.1) is 11.3 Å². The monoisotopic (exact) mass is 556 g/mol. The van der Waals surface area contributed by atoms with Gasteiger partial charge in [-0.25, -0.2) is 4.39 Å². The molecule has 0 bridgehead atoms. The van der Waals surface area contributed by atoms with Crippen LogP contribution in [0.3, 0.4) is 0 Å². The smallest absolute Gasteiger partial charge is 0.254 e. The van der Waals surface area contributed by atoms with Crippen molar-refractivity contribution in [1.82, 2.24) is 9.80 Å². The molecule has 0 saturated heterocycles. The second-order valence-electron chi connectivity index (χ2n) is 9.06. The van der Waals surface area contributed by atoms with Gasteiger partial charge in [0.2, 0.25) is 5.91 Å². The van der Waals surface area contributed by atoms with Gasteiger partial charge in [-0.3, -0.25) is 9.59 Å². The molecule has 0 spiro atoms. The third-order valence-corrected chi connectivity index (χ3v) is 7.99. The predicted octanol–water partition coefficient (Wildman–Crippen LogP) is 5.71. The molecule has 1 saturated carbocycles. The first-order valence-electron chi connectivity index (χ1n) is 11.8. The van der Waals surface area contributed by atoms with Crippen LogP contribution in [0, 0.1) is 11.7 Å². The van der Waals surface area contributed by atoms with Gasteiger partial charge < -0.3 is 14.5 Å². The van der Waals surface area contributed by atoms with E-state index in [-0.39, 0.29) is 36.8 Å². The highest BCUT2D eigenvalue weighted by atomic mass is 79.9. The fourth-order valence-electron chi connectivity index (χ4n) is 4.47. The quantitative estimate of drug-likeness (QED) is 0.357. The van der Waals surface area contributed by atoms with Crippen LogP contribution in [0.4, 0.5) is 4.39 Å². The van der Waals surface area contributed by atoms with E-state index in [4.69, 9.17) is 4.74 Å². The van der Waals surface area contributed by atoms with Crippen LogP contribution in [0.2, 0.25) is 0 Å². The van der Waals surface area contributed by atoms with Crippen LogP contribution in [0.25, 0.3) is 0 Å². The zero-order valence-electron chi connectivity index (χ0n) is 19.2. The van der Waals surface area contributed by atoms with E-state index in [1.54, 1.807) is 40.5 Å². The molecule has 35 heavy (non-hydrogen) atoms. The molecule has 0 N–H and O–H groups in total. The summed E-state index contributed by atoms with van der Waals surface area (Å²) in [6, 6.07) is 15.0. The minimum atomic E-state index is -0.321. The Balaban J connectivity index is 1.34. The molecule has 1 aromatic heterocycles. The summed E-state index contributed by atoms with van der Waals surface area (Å²) in [6.07, 6.45) is 2.97. The first-order chi connectivity index (χ1) is 17.0. The molecule has 0 radical (unpaired) electrons. The molecule has 2 aliphatic rings. The van der Waals surface area contributed by atoms with Crippen molar-refractivity contribution in [3.05, 3.63) is 86.3 Å². The van der Waals surface area contributed by atoms with Crippen LogP contribution in [0.1, 0.15) is 39.7 Å². The summed E-state index contributed by atoms with van der Waals surface area (Å²) < 4.78 is 20.1. The Kier molecular flexibility index (Phi) is 7.20. The maximum atomic E-state index is 13.6. The van der Waals surface area contributed by atoms with Gasteiger partial charge in [0.05, 0.1) is 6.04 Å². The van der Waals surface area contributed by atoms with E-state index in [2.05, 4.69) is 15.9 Å². The van der Waals surface area contributed by atoms with Crippen molar-refractivity contribution in [3.8, 4) is 5.75 Å². The van der Waals surface area contributed by atoms with Crippen LogP contribution in [-0.4, -0.2) is 47.9 Å². The van der Waals surface area contributed by atoms with E-state index < -0.39 is 0 Å². The van der Waals surface area contributed by atoms with Crippen molar-refractivity contribution in [2.75, 3.05) is 26.2 Å². The number of thiophene rings is 1. The Morgan fingerprint density at radius 1 is 1.14 bits per heavy atom. The SMILES string of the molecule is O=C(c1cccc(Br)c1)N(CC(=O)N1CCc2sccc2[C@@H]1COc1ccc(F)cc1)CC1CC1. The maximum Gasteiger partial charge on any atom is 0.254 e. The number of hydrogen-bond donors (Lipinski definition) is 0. The molecule has 0 unspecified atom stereocenters. The summed E-state index contributed by atoms with van der Waals surface area (Å²) in [4.78, 5) is 31.8. The highest BCUT2D eigenvalue weighted by molar-refractivity contribution is 9.10. The van der Waals surface area contributed by atoms with Crippen LogP contribution in [-0.2, 0) is 11.2 Å². The number of amides is 2. The van der Waals surface area contributed by atoms with Crippen molar-refractivity contribution in [2.45, 2.75) is 25.3 Å². The number of rotatable bonds is 8. The van der Waals surface area contributed by atoms with Crippen molar-refractivity contribution in [3.63, 3.8) is 0 Å². The summed E-state index contributed by atoms with van der Waals surface area (Å²) in [5.41, 5.74) is 1.66. The van der Waals surface area contributed by atoms with Gasteiger partial charge in [0.1, 0.15) is 24.7 Å². The molecule has 2 aromatic carbocycles. The van der Waals surface area contributed by atoms with Gasteiger partial charge in [-0.2, -0.15) is 0 Å². The summed E-state index contributed by atoms with van der Waals surface area (Å²) >= 11 is 5.12. The largest absolute Gasteiger partial charge is 0.491 e. The minimum Gasteiger partial charge on any atom is -0.491 e. The van der Waals surface area contributed by atoms with Gasteiger partial charge in [-0.05, 0) is 84.7 Å². The number of benzene rings is 2. The summed E-state index contributed by atoms with van der Waals surface area (Å²) in [5, 5.41) is 2.04. The third kappa shape index (κ3) is 5.76. The zero-order chi connectivity index (χ0) is 24.4. The van der Waals surface area contributed by atoms with Crippen LogP contribution >= 0.6 is 27.3 Å². The molecular weight excluding hydrogens is 531 g/mol. The van der Waals surface area contributed by atoms with Gasteiger partial charge in [0, 0.05) is 28.0 Å². The van der Waals surface area contributed by atoms with Crippen molar-refractivity contribution >= 4 is 39.1 Å². The zero-order valence-corrected chi connectivity index (χ0v) is 21.6. The lowest BCUT2D eigenvalue weighted by Gasteiger charge is -2.37. The van der Waals surface area contributed by atoms with E-state index in [1.807, 2.05) is 28.5 Å². The van der Waals surface area contributed by atoms with Gasteiger partial charge in [0.15, 0.2) is 0 Å². The van der Waals surface area contributed by atoms with Crippen molar-refractivity contribution in [1.29, 1.82) is 0 Å². The molecule has 5 nitrogen and oxygen atoms in total. The summed E-state index contributed by atoms with van der Waals surface area (Å²) in [5.74, 6) is 0.484. The Labute approximate surface area is 216 Å². The molecule has 1 fully saturated rings. The number of nitrogens with zero attached hydrogens (tertiary/aromatic N) is 2. The average molecular weight is 557 g/mol. The molecule has 1 atom stereocenters. The number of ether oxygens (including phenoxy) is 1. The molecule has 1 aliphatic carbocycles. The molecule has 2 amide bonds. The number of halogens is 2. The molecule has 182 valence electrons. The van der Waals surface area contributed by atoms with E-state index in [1.165, 1.54) is 17.0 Å². The van der Waals surface area contributed by atoms with Crippen LogP contribution in [0.15, 0.2) is 64.5 Å². The van der Waals surface area contributed by atoms with Crippen molar-refractivity contribution in [2.24, 2.45) is 5.92 Å². The van der Waals surface area contributed by atoms with Gasteiger partial charge in [0.25, 0.3) is 5.91 Å². The van der Waals surface area contributed by atoms with Gasteiger partial charge >= 0.3 is 0 Å². The van der Waals surface area contributed by atoms with Crippen molar-refractivity contribution < 1.29 is 18.7 Å². The lowest BCUT2D eigenvalue weighted by atomic mass is 10.0. The highest BCUT2D eigenvalue weighted by Crippen LogP contribution is 2.35. The molecule has 3 aromatic rings. The first kappa shape index (κ1) is 24.0. The number of carbonyl (C=O) groups is 2. The Bertz CT molecular complexity index is 1210. The average Bonchev–Trinajstić information content (AvgIpc) is 3.54. The lowest BCUT2D eigenvalue weighted by Crippen LogP contribution is -2.48. The first-order valence-corrected chi connectivity index (χ1v) is 13.4. The minimum absolute atomic E-state index is 0.0361. The summed E-state index contributed by atoms with van der Waals surface area (Å²) in [7, 11) is 0. The molecule has 5 rings (SSSR count). The third-order valence-electron chi connectivity index (χ3n) is 6.50. The maximum absolute atomic E-state index is 13.6. The topological polar surface area (TPSA) is 49.9 Å². The fourth-order valence-corrected chi connectivity index (χ4v) is 5.80. The second kappa shape index (κ2) is 10.5. The van der Waals surface area contributed by atoms with E-state index >= 15 is 0 Å². The Morgan fingerprint density at radius 2 is 1.94 bits per heavy atom.